The third kappa shape index (κ3) is 4.04. The van der Waals surface area contributed by atoms with E-state index in [1.54, 1.807) is 42.6 Å². The van der Waals surface area contributed by atoms with E-state index in [2.05, 4.69) is 15.3 Å². The van der Waals surface area contributed by atoms with Crippen molar-refractivity contribution in [3.63, 3.8) is 0 Å². The number of aromatic nitrogens is 3. The van der Waals surface area contributed by atoms with Crippen molar-refractivity contribution >= 4 is 23.1 Å². The van der Waals surface area contributed by atoms with Crippen LogP contribution in [-0.2, 0) is 5.75 Å². The van der Waals surface area contributed by atoms with Gasteiger partial charge in [0.25, 0.3) is 0 Å². The molecule has 2 aromatic heterocycles. The Hall–Kier alpha value is -2.12. The van der Waals surface area contributed by atoms with Crippen LogP contribution in [0.15, 0.2) is 47.2 Å². The predicted molar refractivity (Wildman–Crippen MR) is 96.9 cm³/mol. The summed E-state index contributed by atoms with van der Waals surface area (Å²) in [4.78, 5) is 13.1. The molecule has 0 aliphatic carbocycles. The zero-order valence-electron chi connectivity index (χ0n) is 13.4. The van der Waals surface area contributed by atoms with Crippen LogP contribution in [0.2, 0.25) is 0 Å². The van der Waals surface area contributed by atoms with Gasteiger partial charge in [-0.15, -0.1) is 11.3 Å². The molecule has 1 aromatic carbocycles. The van der Waals surface area contributed by atoms with Crippen LogP contribution in [0.3, 0.4) is 0 Å². The Morgan fingerprint density at radius 2 is 2.00 bits per heavy atom. The monoisotopic (exact) mass is 359 g/mol. The summed E-state index contributed by atoms with van der Waals surface area (Å²) in [6.07, 6.45) is 3.49. The Kier molecular flexibility index (Phi) is 5.66. The van der Waals surface area contributed by atoms with E-state index < -0.39 is 0 Å². The summed E-state index contributed by atoms with van der Waals surface area (Å²) in [6, 6.07) is 7.69. The van der Waals surface area contributed by atoms with E-state index in [1.807, 2.05) is 31.2 Å². The van der Waals surface area contributed by atoms with Crippen molar-refractivity contribution in [2.45, 2.75) is 17.8 Å². The van der Waals surface area contributed by atoms with Gasteiger partial charge in [-0.05, 0) is 31.2 Å². The molecule has 0 saturated heterocycles. The lowest BCUT2D eigenvalue weighted by atomic mass is 10.2. The molecule has 0 spiro atoms. The first-order valence-electron chi connectivity index (χ1n) is 7.45. The second-order valence-corrected chi connectivity index (χ2v) is 6.56. The molecule has 0 unspecified atom stereocenters. The second-order valence-electron chi connectivity index (χ2n) is 4.76. The highest BCUT2D eigenvalue weighted by atomic mass is 32.2. The number of benzene rings is 1. The molecule has 0 atom stereocenters. The molecule has 0 bridgehead atoms. The first kappa shape index (κ1) is 16.7. The lowest BCUT2D eigenvalue weighted by molar-refractivity contribution is 0.311. The van der Waals surface area contributed by atoms with Gasteiger partial charge in [-0.2, -0.15) is 0 Å². The topological polar surface area (TPSA) is 57.1 Å². The summed E-state index contributed by atoms with van der Waals surface area (Å²) in [6.45, 7) is 2.56. The average Bonchev–Trinajstić information content (AvgIpc) is 3.10. The number of methoxy groups -OCH3 is 1. The van der Waals surface area contributed by atoms with E-state index in [-0.39, 0.29) is 0 Å². The van der Waals surface area contributed by atoms with E-state index >= 15 is 0 Å². The van der Waals surface area contributed by atoms with Crippen LogP contribution in [-0.4, -0.2) is 28.7 Å². The zero-order chi connectivity index (χ0) is 16.8. The van der Waals surface area contributed by atoms with Crippen molar-refractivity contribution in [1.82, 2.24) is 15.0 Å². The van der Waals surface area contributed by atoms with Crippen LogP contribution in [0.4, 0.5) is 0 Å². The molecule has 0 saturated carbocycles. The molecule has 24 heavy (non-hydrogen) atoms. The van der Waals surface area contributed by atoms with Crippen LogP contribution in [0.5, 0.6) is 11.5 Å². The highest BCUT2D eigenvalue weighted by molar-refractivity contribution is 7.98. The van der Waals surface area contributed by atoms with Crippen molar-refractivity contribution in [1.29, 1.82) is 0 Å². The van der Waals surface area contributed by atoms with Crippen molar-refractivity contribution in [3.8, 4) is 22.1 Å². The van der Waals surface area contributed by atoms with Crippen LogP contribution in [0.1, 0.15) is 12.6 Å². The number of ether oxygens (including phenoxy) is 2. The fourth-order valence-electron chi connectivity index (χ4n) is 2.08. The Morgan fingerprint density at radius 3 is 2.75 bits per heavy atom. The fourth-order valence-corrected chi connectivity index (χ4v) is 3.70. The first-order valence-corrected chi connectivity index (χ1v) is 9.32. The van der Waals surface area contributed by atoms with Gasteiger partial charge in [0.1, 0.15) is 5.01 Å². The molecule has 0 radical (unpaired) electrons. The zero-order valence-corrected chi connectivity index (χ0v) is 15.1. The molecule has 5 nitrogen and oxygen atoms in total. The summed E-state index contributed by atoms with van der Waals surface area (Å²) < 4.78 is 11.0. The summed E-state index contributed by atoms with van der Waals surface area (Å²) >= 11 is 3.19. The number of thiazole rings is 1. The molecule has 2 heterocycles. The second kappa shape index (κ2) is 8.12. The van der Waals surface area contributed by atoms with E-state index in [1.165, 1.54) is 0 Å². The molecule has 0 N–H and O–H groups in total. The standard InChI is InChI=1S/C17H17N3O2S2/c1-3-22-14-6-5-12(9-15(14)21-2)16-20-13(10-23-16)11-24-17-18-7-4-8-19-17/h4-10H,3,11H2,1-2H3. The molecule has 0 aliphatic rings. The molecule has 3 aromatic rings. The van der Waals surface area contributed by atoms with Gasteiger partial charge >= 0.3 is 0 Å². The maximum atomic E-state index is 5.55. The smallest absolute Gasteiger partial charge is 0.187 e. The highest BCUT2D eigenvalue weighted by Crippen LogP contribution is 2.34. The Labute approximate surface area is 149 Å². The van der Waals surface area contributed by atoms with Gasteiger partial charge in [-0.1, -0.05) is 11.8 Å². The maximum Gasteiger partial charge on any atom is 0.187 e. The molecular weight excluding hydrogens is 342 g/mol. The quantitative estimate of drug-likeness (QED) is 0.463. The van der Waals surface area contributed by atoms with Crippen molar-refractivity contribution in [2.24, 2.45) is 0 Å². The molecule has 0 aliphatic heterocycles. The fraction of sp³-hybridized carbons (Fsp3) is 0.235. The van der Waals surface area contributed by atoms with Gasteiger partial charge in [0.05, 0.1) is 19.4 Å². The molecular formula is C17H17N3O2S2. The SMILES string of the molecule is CCOc1ccc(-c2nc(CSc3ncccn3)cs2)cc1OC. The van der Waals surface area contributed by atoms with E-state index in [4.69, 9.17) is 14.5 Å². The van der Waals surface area contributed by atoms with Gasteiger partial charge in [-0.3, -0.25) is 0 Å². The van der Waals surface area contributed by atoms with Crippen molar-refractivity contribution in [3.05, 3.63) is 47.7 Å². The lowest BCUT2D eigenvalue weighted by Gasteiger charge is -2.09. The molecule has 0 amide bonds. The summed E-state index contributed by atoms with van der Waals surface area (Å²) in [5, 5.41) is 3.78. The third-order valence-corrected chi connectivity index (χ3v) is 5.00. The van der Waals surface area contributed by atoms with Gasteiger partial charge in [0.2, 0.25) is 0 Å². The molecule has 7 heteroatoms. The van der Waals surface area contributed by atoms with Crippen LogP contribution >= 0.6 is 23.1 Å². The Bertz CT molecular complexity index is 794. The minimum absolute atomic E-state index is 0.607. The van der Waals surface area contributed by atoms with Gasteiger partial charge < -0.3 is 9.47 Å². The number of rotatable bonds is 7. The largest absolute Gasteiger partial charge is 0.493 e. The van der Waals surface area contributed by atoms with Crippen molar-refractivity contribution < 1.29 is 9.47 Å². The Balaban J connectivity index is 1.73. The predicted octanol–water partition coefficient (Wildman–Crippen LogP) is 4.30. The minimum Gasteiger partial charge on any atom is -0.493 e. The van der Waals surface area contributed by atoms with Crippen LogP contribution < -0.4 is 9.47 Å². The van der Waals surface area contributed by atoms with Gasteiger partial charge in [0, 0.05) is 29.1 Å². The van der Waals surface area contributed by atoms with Crippen molar-refractivity contribution in [2.75, 3.05) is 13.7 Å². The van der Waals surface area contributed by atoms with Gasteiger partial charge in [-0.25, -0.2) is 15.0 Å². The first-order chi connectivity index (χ1) is 11.8. The Morgan fingerprint density at radius 1 is 1.17 bits per heavy atom. The molecule has 0 fully saturated rings. The highest BCUT2D eigenvalue weighted by Gasteiger charge is 2.10. The number of nitrogens with zero attached hydrogens (tertiary/aromatic N) is 3. The number of hydrogen-bond acceptors (Lipinski definition) is 7. The average molecular weight is 359 g/mol. The van der Waals surface area contributed by atoms with E-state index in [0.29, 0.717) is 6.61 Å². The lowest BCUT2D eigenvalue weighted by Crippen LogP contribution is -1.95. The minimum atomic E-state index is 0.607. The number of thioether (sulfide) groups is 1. The van der Waals surface area contributed by atoms with Crippen LogP contribution in [0, 0.1) is 0 Å². The molecule has 3 rings (SSSR count). The van der Waals surface area contributed by atoms with E-state index in [9.17, 15) is 0 Å². The summed E-state index contributed by atoms with van der Waals surface area (Å²) in [5.41, 5.74) is 2.04. The third-order valence-electron chi connectivity index (χ3n) is 3.15. The normalized spacial score (nSPS) is 10.6. The van der Waals surface area contributed by atoms with E-state index in [0.717, 1.165) is 38.7 Å². The summed E-state index contributed by atoms with van der Waals surface area (Å²) in [7, 11) is 1.64. The molecule has 124 valence electrons. The van der Waals surface area contributed by atoms with Crippen LogP contribution in [0.25, 0.3) is 10.6 Å². The van der Waals surface area contributed by atoms with Gasteiger partial charge in [0.15, 0.2) is 16.7 Å². The number of hydrogen-bond donors (Lipinski definition) is 0. The maximum absolute atomic E-state index is 5.55. The summed E-state index contributed by atoms with van der Waals surface area (Å²) in [5.74, 6) is 2.21.